The van der Waals surface area contributed by atoms with E-state index < -0.39 is 23.2 Å². The lowest BCUT2D eigenvalue weighted by molar-refractivity contribution is -0.125. The lowest BCUT2D eigenvalue weighted by atomic mass is 10.0. The SMILES string of the molecule is CC(C)(F)C(=O)Nc1cnn2ccc(N3CCC[C@@H]3c3cc(F)ccc3F)nc12. The first-order chi connectivity index (χ1) is 13.7. The molecule has 1 fully saturated rings. The normalized spacial score (nSPS) is 17.1. The van der Waals surface area contributed by atoms with Crippen LogP contribution in [0.1, 0.15) is 38.3 Å². The number of hydrogen-bond acceptors (Lipinski definition) is 4. The molecular weight excluding hydrogens is 383 g/mol. The van der Waals surface area contributed by atoms with Gasteiger partial charge in [-0.05, 0) is 51.0 Å². The predicted octanol–water partition coefficient (Wildman–Crippen LogP) is 4.04. The van der Waals surface area contributed by atoms with Crippen LogP contribution in [0.15, 0.2) is 36.7 Å². The third kappa shape index (κ3) is 3.64. The van der Waals surface area contributed by atoms with Crippen molar-refractivity contribution >= 4 is 23.1 Å². The average molecular weight is 403 g/mol. The van der Waals surface area contributed by atoms with Crippen molar-refractivity contribution in [3.63, 3.8) is 0 Å². The summed E-state index contributed by atoms with van der Waals surface area (Å²) in [7, 11) is 0. The van der Waals surface area contributed by atoms with Crippen LogP contribution in [0.5, 0.6) is 0 Å². The van der Waals surface area contributed by atoms with Crippen LogP contribution in [0, 0.1) is 11.6 Å². The molecule has 0 radical (unpaired) electrons. The number of carbonyl (C=O) groups excluding carboxylic acids is 1. The van der Waals surface area contributed by atoms with Crippen molar-refractivity contribution in [2.24, 2.45) is 0 Å². The number of anilines is 2. The molecule has 152 valence electrons. The minimum atomic E-state index is -2.05. The van der Waals surface area contributed by atoms with Gasteiger partial charge >= 0.3 is 0 Å². The van der Waals surface area contributed by atoms with Crippen LogP contribution in [0.2, 0.25) is 0 Å². The molecule has 1 atom stereocenters. The highest BCUT2D eigenvalue weighted by Crippen LogP contribution is 2.37. The van der Waals surface area contributed by atoms with Crippen molar-refractivity contribution in [1.82, 2.24) is 14.6 Å². The van der Waals surface area contributed by atoms with Crippen molar-refractivity contribution in [3.8, 4) is 0 Å². The largest absolute Gasteiger partial charge is 0.349 e. The van der Waals surface area contributed by atoms with Gasteiger partial charge in [-0.3, -0.25) is 4.79 Å². The maximum atomic E-state index is 14.3. The second-order valence-corrected chi connectivity index (χ2v) is 7.56. The summed E-state index contributed by atoms with van der Waals surface area (Å²) in [6, 6.07) is 4.80. The molecule has 1 saturated heterocycles. The Bertz CT molecular complexity index is 1080. The van der Waals surface area contributed by atoms with E-state index in [9.17, 15) is 18.0 Å². The van der Waals surface area contributed by atoms with Gasteiger partial charge in [-0.25, -0.2) is 22.7 Å². The van der Waals surface area contributed by atoms with Crippen molar-refractivity contribution in [1.29, 1.82) is 0 Å². The molecular formula is C20H20F3N5O. The van der Waals surface area contributed by atoms with Crippen molar-refractivity contribution in [2.45, 2.75) is 38.4 Å². The van der Waals surface area contributed by atoms with Gasteiger partial charge in [0.05, 0.1) is 12.2 Å². The Balaban J connectivity index is 1.69. The summed E-state index contributed by atoms with van der Waals surface area (Å²) in [6.45, 7) is 2.95. The molecule has 4 rings (SSSR count). The summed E-state index contributed by atoms with van der Waals surface area (Å²) < 4.78 is 43.3. The van der Waals surface area contributed by atoms with E-state index in [1.165, 1.54) is 16.8 Å². The highest BCUT2D eigenvalue weighted by atomic mass is 19.1. The maximum absolute atomic E-state index is 14.3. The van der Waals surface area contributed by atoms with Gasteiger partial charge < -0.3 is 10.2 Å². The number of nitrogens with zero attached hydrogens (tertiary/aromatic N) is 4. The molecule has 0 spiro atoms. The standard InChI is InChI=1S/C20H20F3N5O/c1-20(2,23)19(29)25-15-11-24-28-9-7-17(26-18(15)28)27-8-3-4-16(27)13-10-12(21)5-6-14(13)22/h5-7,9-11,16H,3-4,8H2,1-2H3,(H,25,29)/t16-/m1/s1. The van der Waals surface area contributed by atoms with Crippen LogP contribution in [0.3, 0.4) is 0 Å². The Morgan fingerprint density at radius 3 is 2.83 bits per heavy atom. The number of fused-ring (bicyclic) bond motifs is 1. The lowest BCUT2D eigenvalue weighted by Crippen LogP contribution is -2.32. The molecule has 2 aromatic heterocycles. The number of nitrogens with one attached hydrogen (secondary N) is 1. The van der Waals surface area contributed by atoms with Crippen LogP contribution < -0.4 is 10.2 Å². The van der Waals surface area contributed by atoms with E-state index in [0.717, 1.165) is 32.4 Å². The minimum absolute atomic E-state index is 0.273. The van der Waals surface area contributed by atoms with Gasteiger partial charge in [-0.15, -0.1) is 0 Å². The molecule has 6 nitrogen and oxygen atoms in total. The molecule has 1 amide bonds. The minimum Gasteiger partial charge on any atom is -0.349 e. The number of halogens is 3. The van der Waals surface area contributed by atoms with E-state index in [4.69, 9.17) is 0 Å². The Labute approximate surface area is 165 Å². The first-order valence-electron chi connectivity index (χ1n) is 9.30. The zero-order valence-electron chi connectivity index (χ0n) is 16.0. The summed E-state index contributed by atoms with van der Waals surface area (Å²) in [4.78, 5) is 18.4. The quantitative estimate of drug-likeness (QED) is 0.714. The summed E-state index contributed by atoms with van der Waals surface area (Å²) in [5.41, 5.74) is -1.16. The fourth-order valence-corrected chi connectivity index (χ4v) is 3.51. The first kappa shape index (κ1) is 19.2. The Morgan fingerprint density at radius 1 is 1.28 bits per heavy atom. The van der Waals surface area contributed by atoms with E-state index in [0.29, 0.717) is 24.4 Å². The molecule has 1 aromatic carbocycles. The van der Waals surface area contributed by atoms with Crippen molar-refractivity contribution < 1.29 is 18.0 Å². The van der Waals surface area contributed by atoms with Crippen molar-refractivity contribution in [2.75, 3.05) is 16.8 Å². The summed E-state index contributed by atoms with van der Waals surface area (Å²) >= 11 is 0. The molecule has 1 aliphatic rings. The molecule has 29 heavy (non-hydrogen) atoms. The van der Waals surface area contributed by atoms with Gasteiger partial charge in [0.25, 0.3) is 5.91 Å². The predicted molar refractivity (Wildman–Crippen MR) is 102 cm³/mol. The van der Waals surface area contributed by atoms with Crippen molar-refractivity contribution in [3.05, 3.63) is 53.9 Å². The van der Waals surface area contributed by atoms with Gasteiger partial charge in [-0.2, -0.15) is 5.10 Å². The van der Waals surface area contributed by atoms with E-state index in [1.54, 1.807) is 12.3 Å². The molecule has 3 aromatic rings. The third-order valence-electron chi connectivity index (χ3n) is 5.01. The fourth-order valence-electron chi connectivity index (χ4n) is 3.51. The van der Waals surface area contributed by atoms with E-state index in [-0.39, 0.29) is 17.3 Å². The molecule has 1 N–H and O–H groups in total. The first-order valence-corrected chi connectivity index (χ1v) is 9.30. The average Bonchev–Trinajstić information content (AvgIpc) is 3.30. The van der Waals surface area contributed by atoms with Crippen LogP contribution in [0.4, 0.5) is 24.7 Å². The third-order valence-corrected chi connectivity index (χ3v) is 5.01. The van der Waals surface area contributed by atoms with Gasteiger partial charge in [0.15, 0.2) is 11.3 Å². The molecule has 0 bridgehead atoms. The van der Waals surface area contributed by atoms with Gasteiger partial charge in [0.1, 0.15) is 23.1 Å². The number of carbonyl (C=O) groups is 1. The number of aromatic nitrogens is 3. The molecule has 9 heteroatoms. The number of amides is 1. The second kappa shape index (κ2) is 7.06. The Kier molecular flexibility index (Phi) is 4.68. The molecule has 0 unspecified atom stereocenters. The molecule has 1 aliphatic heterocycles. The highest BCUT2D eigenvalue weighted by molar-refractivity contribution is 5.99. The van der Waals surface area contributed by atoms with Gasteiger partial charge in [0, 0.05) is 18.3 Å². The van der Waals surface area contributed by atoms with Crippen LogP contribution in [0.25, 0.3) is 5.65 Å². The number of hydrogen-bond donors (Lipinski definition) is 1. The molecule has 0 aliphatic carbocycles. The van der Waals surface area contributed by atoms with E-state index in [1.807, 2.05) is 4.90 Å². The number of alkyl halides is 1. The molecule has 0 saturated carbocycles. The van der Waals surface area contributed by atoms with E-state index >= 15 is 0 Å². The summed E-state index contributed by atoms with van der Waals surface area (Å²) in [5, 5.41) is 6.61. The highest BCUT2D eigenvalue weighted by Gasteiger charge is 2.31. The number of benzene rings is 1. The number of rotatable bonds is 4. The monoisotopic (exact) mass is 403 g/mol. The maximum Gasteiger partial charge on any atom is 0.261 e. The fraction of sp³-hybridized carbons (Fsp3) is 0.350. The van der Waals surface area contributed by atoms with Gasteiger partial charge in [-0.1, -0.05) is 0 Å². The van der Waals surface area contributed by atoms with Crippen LogP contribution in [-0.4, -0.2) is 32.7 Å². The van der Waals surface area contributed by atoms with Crippen LogP contribution in [-0.2, 0) is 4.79 Å². The zero-order valence-corrected chi connectivity index (χ0v) is 16.0. The zero-order chi connectivity index (χ0) is 20.8. The summed E-state index contributed by atoms with van der Waals surface area (Å²) in [5.74, 6) is -1.22. The van der Waals surface area contributed by atoms with Gasteiger partial charge in [0.2, 0.25) is 0 Å². The topological polar surface area (TPSA) is 62.5 Å². The summed E-state index contributed by atoms with van der Waals surface area (Å²) in [6.07, 6.45) is 4.51. The molecule has 3 heterocycles. The second-order valence-electron chi connectivity index (χ2n) is 7.56. The lowest BCUT2D eigenvalue weighted by Gasteiger charge is -2.26. The Morgan fingerprint density at radius 2 is 2.07 bits per heavy atom. The smallest absolute Gasteiger partial charge is 0.261 e. The van der Waals surface area contributed by atoms with Crippen LogP contribution >= 0.6 is 0 Å². The van der Waals surface area contributed by atoms with E-state index in [2.05, 4.69) is 15.4 Å². The Hall–Kier alpha value is -3.10.